The van der Waals surface area contributed by atoms with Crippen LogP contribution in [0.5, 0.6) is 0 Å². The van der Waals surface area contributed by atoms with E-state index in [0.717, 1.165) is 56.3 Å². The van der Waals surface area contributed by atoms with Crippen LogP contribution < -0.4 is 18.9 Å². The van der Waals surface area contributed by atoms with Crippen molar-refractivity contribution in [1.29, 1.82) is 0 Å². The molecule has 0 heterocycles. The summed E-state index contributed by atoms with van der Waals surface area (Å²) in [6.45, 7) is 13.2. The predicted octanol–water partition coefficient (Wildman–Crippen LogP) is 5.40. The number of unbranched alkanes of at least 4 members (excludes halogenated alkanes) is 6. The zero-order chi connectivity index (χ0) is 35.9. The molecule has 1 rings (SSSR count). The second-order valence-corrected chi connectivity index (χ2v) is 16.5. The van der Waals surface area contributed by atoms with Crippen LogP contribution in [0.4, 0.5) is 0 Å². The Morgan fingerprint density at radius 2 is 0.739 bits per heavy atom. The summed E-state index contributed by atoms with van der Waals surface area (Å²) in [5.41, 5.74) is 0. The molecular formula is C36H62O6S3Sn. The first-order valence-corrected chi connectivity index (χ1v) is 19.9. The van der Waals surface area contributed by atoms with E-state index in [1.165, 1.54) is 64.6 Å². The van der Waals surface area contributed by atoms with Gasteiger partial charge in [-0.05, 0) is 37.0 Å². The zero-order valence-corrected chi connectivity index (χ0v) is 34.8. The molecule has 0 bridgehead atoms. The minimum absolute atomic E-state index is 0.584. The van der Waals surface area contributed by atoms with E-state index in [0.29, 0.717) is 19.3 Å². The van der Waals surface area contributed by atoms with Gasteiger partial charge in [0.1, 0.15) is 0 Å². The molecule has 0 saturated heterocycles. The topological polar surface area (TPSA) is 120 Å². The third kappa shape index (κ3) is 41.5. The molecule has 0 aliphatic heterocycles. The number of carboxylic acids is 3. The fourth-order valence-electron chi connectivity index (χ4n) is 3.99. The summed E-state index contributed by atoms with van der Waals surface area (Å²) in [4.78, 5) is 30.9. The van der Waals surface area contributed by atoms with Gasteiger partial charge >= 0.3 is 56.4 Å². The molecule has 3 atom stereocenters. The number of carboxylic acid groups (broad SMARTS) is 3. The summed E-state index contributed by atoms with van der Waals surface area (Å²) < 4.78 is 1.41. The average molecular weight is 806 g/mol. The third-order valence-corrected chi connectivity index (χ3v) is 9.23. The molecule has 0 radical (unpaired) electrons. The molecule has 1 aromatic rings. The Kier molecular flexibility index (Phi) is 37.2. The van der Waals surface area contributed by atoms with Crippen molar-refractivity contribution in [1.82, 2.24) is 0 Å². The molecule has 0 saturated carbocycles. The van der Waals surface area contributed by atoms with E-state index in [-0.39, 0.29) is 0 Å². The fraction of sp³-hybridized carbons (Fsp3) is 0.750. The number of aliphatic carboxylic acids is 3. The SMILES string of the molecule is CC(C)CCCCCC(S)C(=O)[O-].CC(C)CCCCCC(S)C(=O)[O-].CC(C)CCCCCC(S)C(=O)[O-].[Sn+3][c]1ccccc1. The Hall–Kier alpha value is -0.521. The van der Waals surface area contributed by atoms with Crippen LogP contribution in [0.25, 0.3) is 0 Å². The van der Waals surface area contributed by atoms with Crippen LogP contribution >= 0.6 is 37.9 Å². The van der Waals surface area contributed by atoms with Gasteiger partial charge in [0.15, 0.2) is 0 Å². The number of thiol groups is 3. The average Bonchev–Trinajstić information content (AvgIpc) is 2.97. The molecule has 1 aromatic carbocycles. The molecule has 3 unspecified atom stereocenters. The van der Waals surface area contributed by atoms with Crippen molar-refractivity contribution in [3.05, 3.63) is 30.3 Å². The van der Waals surface area contributed by atoms with Gasteiger partial charge in [0.25, 0.3) is 0 Å². The monoisotopic (exact) mass is 806 g/mol. The molecule has 10 heteroatoms. The van der Waals surface area contributed by atoms with E-state index < -0.39 is 33.7 Å². The fourth-order valence-corrected chi connectivity index (χ4v) is 5.09. The van der Waals surface area contributed by atoms with Crippen LogP contribution in [0.1, 0.15) is 138 Å². The van der Waals surface area contributed by atoms with Crippen LogP contribution in [0.3, 0.4) is 0 Å². The van der Waals surface area contributed by atoms with Crippen molar-refractivity contribution in [2.75, 3.05) is 0 Å². The Morgan fingerprint density at radius 1 is 0.500 bits per heavy atom. The van der Waals surface area contributed by atoms with Crippen molar-refractivity contribution in [2.45, 2.75) is 154 Å². The summed E-state index contributed by atoms with van der Waals surface area (Å²) >= 11 is 13.2. The van der Waals surface area contributed by atoms with E-state index in [1.54, 1.807) is 0 Å². The first kappa shape index (κ1) is 49.9. The third-order valence-electron chi connectivity index (χ3n) is 6.87. The molecular weight excluding hydrogens is 743 g/mol. The molecule has 264 valence electrons. The van der Waals surface area contributed by atoms with Crippen LogP contribution in [0.2, 0.25) is 0 Å². The second-order valence-electron chi connectivity index (χ2n) is 13.0. The van der Waals surface area contributed by atoms with Crippen LogP contribution in [-0.4, -0.2) is 56.2 Å². The molecule has 6 nitrogen and oxygen atoms in total. The Labute approximate surface area is 311 Å². The zero-order valence-electron chi connectivity index (χ0n) is 29.2. The first-order valence-electron chi connectivity index (χ1n) is 16.9. The number of rotatable bonds is 21. The van der Waals surface area contributed by atoms with Gasteiger partial charge in [0, 0.05) is 15.7 Å². The standard InChI is InChI=1S/3C10H20O2S.C6H5.Sn/c3*1-8(2)6-4-3-5-7-9(13)10(11)12;1-2-4-6-5-3-1;/h3*8-9,13H,3-7H2,1-2H3,(H,11,12);1-5H;/q;;;;+3/p-3. The van der Waals surface area contributed by atoms with E-state index in [1.807, 2.05) is 6.07 Å². The van der Waals surface area contributed by atoms with Crippen molar-refractivity contribution in [3.63, 3.8) is 0 Å². The van der Waals surface area contributed by atoms with Gasteiger partial charge in [-0.3, -0.25) is 0 Å². The van der Waals surface area contributed by atoms with Gasteiger partial charge in [-0.2, -0.15) is 37.9 Å². The first-order chi connectivity index (χ1) is 21.5. The minimum atomic E-state index is -1.05. The van der Waals surface area contributed by atoms with Gasteiger partial charge in [-0.15, -0.1) is 0 Å². The maximum absolute atomic E-state index is 10.3. The van der Waals surface area contributed by atoms with Gasteiger partial charge in [0.2, 0.25) is 0 Å². The summed E-state index contributed by atoms with van der Waals surface area (Å²) in [7, 11) is 0. The van der Waals surface area contributed by atoms with Gasteiger partial charge in [-0.1, -0.05) is 119 Å². The van der Waals surface area contributed by atoms with E-state index in [4.69, 9.17) is 0 Å². The summed E-state index contributed by atoms with van der Waals surface area (Å²) in [6.07, 6.45) is 15.2. The van der Waals surface area contributed by atoms with Crippen molar-refractivity contribution >= 4 is 81.9 Å². The maximum atomic E-state index is 10.3. The molecule has 0 spiro atoms. The molecule has 0 aliphatic rings. The molecule has 0 N–H and O–H groups in total. The van der Waals surface area contributed by atoms with Gasteiger partial charge in [-0.25, -0.2) is 0 Å². The summed E-state index contributed by atoms with van der Waals surface area (Å²) in [6, 6.07) is 10.4. The van der Waals surface area contributed by atoms with Crippen LogP contribution in [0.15, 0.2) is 30.3 Å². The molecule has 0 aromatic heterocycles. The Bertz CT molecular complexity index is 775. The number of hydrogen-bond donors (Lipinski definition) is 3. The quantitative estimate of drug-likeness (QED) is 0.0870. The molecule has 0 amide bonds. The molecule has 0 fully saturated rings. The van der Waals surface area contributed by atoms with E-state index in [9.17, 15) is 29.7 Å². The predicted molar refractivity (Wildman–Crippen MR) is 199 cm³/mol. The molecule has 46 heavy (non-hydrogen) atoms. The summed E-state index contributed by atoms with van der Waals surface area (Å²) in [5.74, 6) is -0.916. The van der Waals surface area contributed by atoms with E-state index >= 15 is 0 Å². The Morgan fingerprint density at radius 3 is 0.913 bits per heavy atom. The van der Waals surface area contributed by atoms with Crippen molar-refractivity contribution < 1.29 is 29.7 Å². The van der Waals surface area contributed by atoms with Crippen LogP contribution in [-0.2, 0) is 14.4 Å². The molecule has 0 aliphatic carbocycles. The number of carbonyl (C=O) groups is 3. The second kappa shape index (κ2) is 34.3. The summed E-state index contributed by atoms with van der Waals surface area (Å²) in [5, 5.41) is 29.1. The van der Waals surface area contributed by atoms with Gasteiger partial charge in [0.05, 0.1) is 17.9 Å². The van der Waals surface area contributed by atoms with Crippen molar-refractivity contribution in [2.24, 2.45) is 17.8 Å². The normalized spacial score (nSPS) is 12.6. The number of hydrogen-bond acceptors (Lipinski definition) is 9. The van der Waals surface area contributed by atoms with Crippen LogP contribution in [0, 0.1) is 17.8 Å². The number of carbonyl (C=O) groups excluding carboxylic acids is 3. The van der Waals surface area contributed by atoms with E-state index in [2.05, 4.69) is 104 Å². The number of benzene rings is 1. The van der Waals surface area contributed by atoms with Gasteiger partial charge < -0.3 is 29.7 Å². The van der Waals surface area contributed by atoms with Crippen molar-refractivity contribution in [3.8, 4) is 0 Å². The Balaban J connectivity index is -0.000000546.